The minimum absolute atomic E-state index is 0.0369. The van der Waals surface area contributed by atoms with Crippen molar-refractivity contribution in [2.24, 2.45) is 0 Å². The highest BCUT2D eigenvalue weighted by Crippen LogP contribution is 2.30. The van der Waals surface area contributed by atoms with Gasteiger partial charge in [0.25, 0.3) is 0 Å². The SMILES string of the molecule is COc1ccc(C)cc1N1CCN(C(=O)Nc2ccccc2C)CC1. The van der Waals surface area contributed by atoms with Crippen molar-refractivity contribution >= 4 is 17.4 Å². The first-order valence-corrected chi connectivity index (χ1v) is 8.59. The molecule has 0 aliphatic carbocycles. The van der Waals surface area contributed by atoms with Crippen LogP contribution in [0.25, 0.3) is 0 Å². The minimum atomic E-state index is -0.0369. The molecule has 1 fully saturated rings. The van der Waals surface area contributed by atoms with E-state index in [-0.39, 0.29) is 6.03 Å². The summed E-state index contributed by atoms with van der Waals surface area (Å²) in [5.41, 5.74) is 4.24. The van der Waals surface area contributed by atoms with Crippen LogP contribution in [-0.2, 0) is 0 Å². The van der Waals surface area contributed by atoms with Crippen molar-refractivity contribution in [1.29, 1.82) is 0 Å². The van der Waals surface area contributed by atoms with E-state index in [0.717, 1.165) is 35.8 Å². The predicted molar refractivity (Wildman–Crippen MR) is 102 cm³/mol. The minimum Gasteiger partial charge on any atom is -0.495 e. The first-order chi connectivity index (χ1) is 12.1. The number of nitrogens with one attached hydrogen (secondary N) is 1. The Hall–Kier alpha value is -2.69. The fourth-order valence-corrected chi connectivity index (χ4v) is 3.10. The van der Waals surface area contributed by atoms with Crippen molar-refractivity contribution in [3.63, 3.8) is 0 Å². The molecule has 1 N–H and O–H groups in total. The highest BCUT2D eigenvalue weighted by atomic mass is 16.5. The van der Waals surface area contributed by atoms with Gasteiger partial charge in [0, 0.05) is 31.9 Å². The molecule has 5 heteroatoms. The Morgan fingerprint density at radius 2 is 1.76 bits per heavy atom. The molecule has 0 bridgehead atoms. The number of piperazine rings is 1. The van der Waals surface area contributed by atoms with Gasteiger partial charge in [0.2, 0.25) is 0 Å². The van der Waals surface area contributed by atoms with Gasteiger partial charge in [-0.2, -0.15) is 0 Å². The number of para-hydroxylation sites is 1. The largest absolute Gasteiger partial charge is 0.495 e. The second kappa shape index (κ2) is 7.47. The van der Waals surface area contributed by atoms with Crippen LogP contribution < -0.4 is 15.0 Å². The van der Waals surface area contributed by atoms with Crippen LogP contribution >= 0.6 is 0 Å². The zero-order valence-electron chi connectivity index (χ0n) is 15.1. The van der Waals surface area contributed by atoms with Crippen molar-refractivity contribution in [2.75, 3.05) is 43.5 Å². The molecule has 0 radical (unpaired) electrons. The first-order valence-electron chi connectivity index (χ1n) is 8.59. The molecule has 25 heavy (non-hydrogen) atoms. The van der Waals surface area contributed by atoms with Crippen LogP contribution in [0.5, 0.6) is 5.75 Å². The van der Waals surface area contributed by atoms with Gasteiger partial charge in [-0.05, 0) is 43.2 Å². The Bertz CT molecular complexity index is 752. The average molecular weight is 339 g/mol. The number of urea groups is 1. The lowest BCUT2D eigenvalue weighted by Gasteiger charge is -2.36. The standard InChI is InChI=1S/C20H25N3O2/c1-15-8-9-19(25-3)18(14-15)22-10-12-23(13-11-22)20(24)21-17-7-5-4-6-16(17)2/h4-9,14H,10-13H2,1-3H3,(H,21,24). The van der Waals surface area contributed by atoms with Gasteiger partial charge in [-0.25, -0.2) is 4.79 Å². The zero-order valence-corrected chi connectivity index (χ0v) is 15.1. The maximum Gasteiger partial charge on any atom is 0.321 e. The normalized spacial score (nSPS) is 14.4. The molecule has 5 nitrogen and oxygen atoms in total. The molecule has 0 aromatic heterocycles. The second-order valence-corrected chi connectivity index (χ2v) is 6.39. The molecule has 1 aliphatic rings. The van der Waals surface area contributed by atoms with E-state index in [9.17, 15) is 4.79 Å². The van der Waals surface area contributed by atoms with E-state index in [1.165, 1.54) is 5.56 Å². The summed E-state index contributed by atoms with van der Waals surface area (Å²) in [6.07, 6.45) is 0. The fourth-order valence-electron chi connectivity index (χ4n) is 3.10. The maximum absolute atomic E-state index is 12.5. The molecule has 3 rings (SSSR count). The number of hydrogen-bond donors (Lipinski definition) is 1. The van der Waals surface area contributed by atoms with Gasteiger partial charge < -0.3 is 19.9 Å². The molecule has 132 valence electrons. The monoisotopic (exact) mass is 339 g/mol. The lowest BCUT2D eigenvalue weighted by atomic mass is 10.1. The van der Waals surface area contributed by atoms with Crippen LogP contribution in [0.2, 0.25) is 0 Å². The molecule has 1 aliphatic heterocycles. The molecule has 1 saturated heterocycles. The van der Waals surface area contributed by atoms with Gasteiger partial charge in [0.05, 0.1) is 12.8 Å². The molecule has 0 atom stereocenters. The quantitative estimate of drug-likeness (QED) is 0.928. The topological polar surface area (TPSA) is 44.8 Å². The smallest absolute Gasteiger partial charge is 0.321 e. The average Bonchev–Trinajstić information content (AvgIpc) is 2.63. The van der Waals surface area contributed by atoms with Gasteiger partial charge in [-0.3, -0.25) is 0 Å². The summed E-state index contributed by atoms with van der Waals surface area (Å²) in [5.74, 6) is 0.878. The third-order valence-corrected chi connectivity index (χ3v) is 4.63. The Morgan fingerprint density at radius 1 is 1.04 bits per heavy atom. The summed E-state index contributed by atoms with van der Waals surface area (Å²) in [6, 6.07) is 14.0. The van der Waals surface area contributed by atoms with E-state index in [2.05, 4.69) is 23.2 Å². The Balaban J connectivity index is 1.63. The number of aryl methyl sites for hydroxylation is 2. The molecule has 0 saturated carbocycles. The summed E-state index contributed by atoms with van der Waals surface area (Å²) in [7, 11) is 1.69. The lowest BCUT2D eigenvalue weighted by Crippen LogP contribution is -2.50. The summed E-state index contributed by atoms with van der Waals surface area (Å²) < 4.78 is 5.49. The van der Waals surface area contributed by atoms with Gasteiger partial charge >= 0.3 is 6.03 Å². The Kier molecular flexibility index (Phi) is 5.12. The third kappa shape index (κ3) is 3.87. The predicted octanol–water partition coefficient (Wildman–Crippen LogP) is 3.67. The highest BCUT2D eigenvalue weighted by Gasteiger charge is 2.23. The zero-order chi connectivity index (χ0) is 17.8. The van der Waals surface area contributed by atoms with Gasteiger partial charge in [0.1, 0.15) is 5.75 Å². The fraction of sp³-hybridized carbons (Fsp3) is 0.350. The van der Waals surface area contributed by atoms with Crippen molar-refractivity contribution in [3.05, 3.63) is 53.6 Å². The van der Waals surface area contributed by atoms with E-state index in [1.54, 1.807) is 7.11 Å². The van der Waals surface area contributed by atoms with Crippen LogP contribution in [0.15, 0.2) is 42.5 Å². The Morgan fingerprint density at radius 3 is 2.44 bits per heavy atom. The molecular weight excluding hydrogens is 314 g/mol. The molecule has 2 aromatic rings. The number of methoxy groups -OCH3 is 1. The van der Waals surface area contributed by atoms with E-state index in [4.69, 9.17) is 4.74 Å². The second-order valence-electron chi connectivity index (χ2n) is 6.39. The van der Waals surface area contributed by atoms with Crippen molar-refractivity contribution in [3.8, 4) is 5.75 Å². The van der Waals surface area contributed by atoms with Crippen molar-refractivity contribution in [1.82, 2.24) is 4.90 Å². The van der Waals surface area contributed by atoms with E-state index >= 15 is 0 Å². The number of hydrogen-bond acceptors (Lipinski definition) is 3. The van der Waals surface area contributed by atoms with Crippen LogP contribution in [0, 0.1) is 13.8 Å². The number of carbonyl (C=O) groups excluding carboxylic acids is 1. The van der Waals surface area contributed by atoms with Crippen LogP contribution in [0.1, 0.15) is 11.1 Å². The third-order valence-electron chi connectivity index (χ3n) is 4.63. The van der Waals surface area contributed by atoms with Gasteiger partial charge in [-0.1, -0.05) is 24.3 Å². The van der Waals surface area contributed by atoms with E-state index in [1.807, 2.05) is 48.2 Å². The maximum atomic E-state index is 12.5. The Labute approximate surface area is 149 Å². The summed E-state index contributed by atoms with van der Waals surface area (Å²) in [6.45, 7) is 7.04. The van der Waals surface area contributed by atoms with Crippen LogP contribution in [0.3, 0.4) is 0 Å². The first kappa shape index (κ1) is 17.1. The van der Waals surface area contributed by atoms with Crippen LogP contribution in [0.4, 0.5) is 16.2 Å². The van der Waals surface area contributed by atoms with Gasteiger partial charge in [0.15, 0.2) is 0 Å². The van der Waals surface area contributed by atoms with E-state index in [0.29, 0.717) is 13.1 Å². The summed E-state index contributed by atoms with van der Waals surface area (Å²) in [4.78, 5) is 16.7. The van der Waals surface area contributed by atoms with Crippen molar-refractivity contribution in [2.45, 2.75) is 13.8 Å². The molecule has 0 unspecified atom stereocenters. The number of anilines is 2. The van der Waals surface area contributed by atoms with Crippen molar-refractivity contribution < 1.29 is 9.53 Å². The number of ether oxygens (including phenoxy) is 1. The molecular formula is C20H25N3O2. The molecule has 2 aromatic carbocycles. The van der Waals surface area contributed by atoms with Crippen LogP contribution in [-0.4, -0.2) is 44.2 Å². The molecule has 2 amide bonds. The lowest BCUT2D eigenvalue weighted by molar-refractivity contribution is 0.208. The van der Waals surface area contributed by atoms with E-state index < -0.39 is 0 Å². The summed E-state index contributed by atoms with van der Waals surface area (Å²) >= 11 is 0. The number of benzene rings is 2. The van der Waals surface area contributed by atoms with Gasteiger partial charge in [-0.15, -0.1) is 0 Å². The molecule has 0 spiro atoms. The number of rotatable bonds is 3. The summed E-state index contributed by atoms with van der Waals surface area (Å²) in [5, 5.41) is 3.01. The number of amides is 2. The highest BCUT2D eigenvalue weighted by molar-refractivity contribution is 5.90. The molecule has 1 heterocycles. The number of carbonyl (C=O) groups is 1. The number of nitrogens with zero attached hydrogens (tertiary/aromatic N) is 2.